The van der Waals surface area contributed by atoms with Gasteiger partial charge in [0.15, 0.2) is 0 Å². The largest absolute Gasteiger partial charge is 0.349 e. The van der Waals surface area contributed by atoms with Crippen molar-refractivity contribution in [3.05, 3.63) is 58.3 Å². The number of hydrogen-bond donors (Lipinski definition) is 1. The third-order valence-electron chi connectivity index (χ3n) is 3.10. The number of anilines is 1. The van der Waals surface area contributed by atoms with Gasteiger partial charge in [-0.05, 0) is 24.3 Å². The van der Waals surface area contributed by atoms with Crippen molar-refractivity contribution in [2.45, 2.75) is 13.5 Å². The van der Waals surface area contributed by atoms with Crippen molar-refractivity contribution < 1.29 is 9.59 Å². The van der Waals surface area contributed by atoms with Crippen LogP contribution in [0, 0.1) is 0 Å². The van der Waals surface area contributed by atoms with Crippen LogP contribution in [0.4, 0.5) is 5.69 Å². The summed E-state index contributed by atoms with van der Waals surface area (Å²) < 4.78 is 0. The molecule has 5 nitrogen and oxygen atoms in total. The first-order valence-corrected chi connectivity index (χ1v) is 7.63. The van der Waals surface area contributed by atoms with Gasteiger partial charge in [0.05, 0.1) is 28.0 Å². The molecule has 0 fully saturated rings. The highest BCUT2D eigenvalue weighted by molar-refractivity contribution is 6.44. The number of pyridine rings is 1. The number of carbonyl (C=O) groups excluding carboxylic acids is 2. The van der Waals surface area contributed by atoms with E-state index in [1.165, 1.54) is 11.8 Å². The summed E-state index contributed by atoms with van der Waals surface area (Å²) in [7, 11) is 0. The summed E-state index contributed by atoms with van der Waals surface area (Å²) in [5.74, 6) is -0.621. The van der Waals surface area contributed by atoms with Crippen LogP contribution in [0.3, 0.4) is 0 Å². The van der Waals surface area contributed by atoms with E-state index >= 15 is 0 Å². The Morgan fingerprint density at radius 2 is 1.96 bits per heavy atom. The van der Waals surface area contributed by atoms with Crippen LogP contribution in [0.25, 0.3) is 0 Å². The molecule has 0 aliphatic rings. The van der Waals surface area contributed by atoms with E-state index in [4.69, 9.17) is 23.2 Å². The van der Waals surface area contributed by atoms with Crippen LogP contribution in [0.2, 0.25) is 10.0 Å². The minimum atomic E-state index is -0.318. The lowest BCUT2D eigenvalue weighted by Crippen LogP contribution is -2.39. The summed E-state index contributed by atoms with van der Waals surface area (Å²) in [5, 5.41) is 3.28. The molecule has 2 amide bonds. The van der Waals surface area contributed by atoms with Crippen LogP contribution in [0.5, 0.6) is 0 Å². The zero-order chi connectivity index (χ0) is 16.8. The van der Waals surface area contributed by atoms with E-state index in [1.807, 2.05) is 6.07 Å². The van der Waals surface area contributed by atoms with Gasteiger partial charge in [-0.2, -0.15) is 0 Å². The number of benzene rings is 1. The Morgan fingerprint density at radius 1 is 1.17 bits per heavy atom. The second kappa shape index (κ2) is 7.94. The molecule has 1 heterocycles. The molecular formula is C16H15Cl2N3O2. The van der Waals surface area contributed by atoms with Gasteiger partial charge in [-0.15, -0.1) is 0 Å². The maximum absolute atomic E-state index is 12.1. The molecule has 23 heavy (non-hydrogen) atoms. The molecule has 1 aromatic heterocycles. The van der Waals surface area contributed by atoms with Crippen molar-refractivity contribution in [3.63, 3.8) is 0 Å². The molecule has 0 bridgehead atoms. The predicted molar refractivity (Wildman–Crippen MR) is 90.6 cm³/mol. The third-order valence-corrected chi connectivity index (χ3v) is 3.91. The molecule has 0 saturated carbocycles. The highest BCUT2D eigenvalue weighted by atomic mass is 35.5. The molecule has 120 valence electrons. The van der Waals surface area contributed by atoms with E-state index in [2.05, 4.69) is 10.3 Å². The maximum Gasteiger partial charge on any atom is 0.240 e. The van der Waals surface area contributed by atoms with Gasteiger partial charge in [0.1, 0.15) is 6.54 Å². The summed E-state index contributed by atoms with van der Waals surface area (Å²) in [6.07, 6.45) is 1.65. The standard InChI is InChI=1S/C16H15Cl2N3O2/c1-11(22)21(14-7-4-6-13(17)16(14)18)10-15(23)20-9-12-5-2-3-8-19-12/h2-8H,9-10H2,1H3,(H,20,23). The molecule has 7 heteroatoms. The number of amides is 2. The van der Waals surface area contributed by atoms with E-state index in [1.54, 1.807) is 36.5 Å². The molecular weight excluding hydrogens is 337 g/mol. The van der Waals surface area contributed by atoms with Gasteiger partial charge in [0.2, 0.25) is 11.8 Å². The van der Waals surface area contributed by atoms with Gasteiger partial charge in [0.25, 0.3) is 0 Å². The predicted octanol–water partition coefficient (Wildman–Crippen LogP) is 3.06. The molecule has 2 rings (SSSR count). The molecule has 0 aliphatic heterocycles. The van der Waals surface area contributed by atoms with Gasteiger partial charge in [-0.3, -0.25) is 14.6 Å². The lowest BCUT2D eigenvalue weighted by molar-refractivity contribution is -0.123. The number of nitrogens with zero attached hydrogens (tertiary/aromatic N) is 2. The Kier molecular flexibility index (Phi) is 5.96. The molecule has 0 atom stereocenters. The Balaban J connectivity index is 2.06. The summed E-state index contributed by atoms with van der Waals surface area (Å²) in [6, 6.07) is 10.4. The Labute approximate surface area is 144 Å². The summed E-state index contributed by atoms with van der Waals surface area (Å²) in [6.45, 7) is 1.50. The summed E-state index contributed by atoms with van der Waals surface area (Å²) in [4.78, 5) is 29.3. The number of rotatable bonds is 5. The minimum Gasteiger partial charge on any atom is -0.349 e. The Morgan fingerprint density at radius 3 is 2.61 bits per heavy atom. The fourth-order valence-corrected chi connectivity index (χ4v) is 2.36. The zero-order valence-electron chi connectivity index (χ0n) is 12.4. The second-order valence-corrected chi connectivity index (χ2v) is 5.56. The minimum absolute atomic E-state index is 0.151. The Bertz CT molecular complexity index is 708. The lowest BCUT2D eigenvalue weighted by Gasteiger charge is -2.22. The van der Waals surface area contributed by atoms with Crippen LogP contribution in [-0.4, -0.2) is 23.3 Å². The molecule has 0 saturated heterocycles. The second-order valence-electron chi connectivity index (χ2n) is 4.78. The van der Waals surface area contributed by atoms with Crippen molar-refractivity contribution in [2.75, 3.05) is 11.4 Å². The number of nitrogens with one attached hydrogen (secondary N) is 1. The average Bonchev–Trinajstić information content (AvgIpc) is 2.54. The molecule has 1 aromatic carbocycles. The van der Waals surface area contributed by atoms with Crippen molar-refractivity contribution in [3.8, 4) is 0 Å². The van der Waals surface area contributed by atoms with E-state index in [-0.39, 0.29) is 29.9 Å². The third kappa shape index (κ3) is 4.68. The van der Waals surface area contributed by atoms with E-state index in [9.17, 15) is 9.59 Å². The number of carbonyl (C=O) groups is 2. The fourth-order valence-electron chi connectivity index (χ4n) is 1.96. The van der Waals surface area contributed by atoms with Crippen LogP contribution >= 0.6 is 23.2 Å². The number of hydrogen-bond acceptors (Lipinski definition) is 3. The van der Waals surface area contributed by atoms with Crippen molar-refractivity contribution in [1.29, 1.82) is 0 Å². The molecule has 0 spiro atoms. The van der Waals surface area contributed by atoms with Crippen LogP contribution in [0.1, 0.15) is 12.6 Å². The van der Waals surface area contributed by atoms with Gasteiger partial charge in [-0.1, -0.05) is 35.3 Å². The molecule has 0 aliphatic carbocycles. The lowest BCUT2D eigenvalue weighted by atomic mass is 10.2. The number of halogens is 2. The van der Waals surface area contributed by atoms with Crippen molar-refractivity contribution in [2.24, 2.45) is 0 Å². The highest BCUT2D eigenvalue weighted by Gasteiger charge is 2.19. The first-order valence-electron chi connectivity index (χ1n) is 6.87. The van der Waals surface area contributed by atoms with E-state index in [0.717, 1.165) is 5.69 Å². The van der Waals surface area contributed by atoms with Crippen molar-refractivity contribution in [1.82, 2.24) is 10.3 Å². The normalized spacial score (nSPS) is 10.2. The first kappa shape index (κ1) is 17.2. The van der Waals surface area contributed by atoms with Gasteiger partial charge in [0, 0.05) is 13.1 Å². The molecule has 0 unspecified atom stereocenters. The van der Waals surface area contributed by atoms with E-state index < -0.39 is 0 Å². The molecule has 2 aromatic rings. The Hall–Kier alpha value is -2.11. The summed E-state index contributed by atoms with van der Waals surface area (Å²) in [5.41, 5.74) is 1.13. The van der Waals surface area contributed by atoms with Crippen LogP contribution in [-0.2, 0) is 16.1 Å². The fraction of sp³-hybridized carbons (Fsp3) is 0.188. The monoisotopic (exact) mass is 351 g/mol. The van der Waals surface area contributed by atoms with Gasteiger partial charge >= 0.3 is 0 Å². The van der Waals surface area contributed by atoms with Crippen molar-refractivity contribution >= 4 is 40.7 Å². The smallest absolute Gasteiger partial charge is 0.240 e. The maximum atomic E-state index is 12.1. The topological polar surface area (TPSA) is 62.3 Å². The van der Waals surface area contributed by atoms with Crippen LogP contribution < -0.4 is 10.2 Å². The number of aromatic nitrogens is 1. The quantitative estimate of drug-likeness (QED) is 0.900. The molecule has 1 N–H and O–H groups in total. The SMILES string of the molecule is CC(=O)N(CC(=O)NCc1ccccn1)c1cccc(Cl)c1Cl. The first-order chi connectivity index (χ1) is 11.0. The average molecular weight is 352 g/mol. The molecule has 0 radical (unpaired) electrons. The highest BCUT2D eigenvalue weighted by Crippen LogP contribution is 2.32. The summed E-state index contributed by atoms with van der Waals surface area (Å²) >= 11 is 12.1. The van der Waals surface area contributed by atoms with Gasteiger partial charge in [-0.25, -0.2) is 0 Å². The van der Waals surface area contributed by atoms with Crippen LogP contribution in [0.15, 0.2) is 42.6 Å². The van der Waals surface area contributed by atoms with Gasteiger partial charge < -0.3 is 10.2 Å². The zero-order valence-corrected chi connectivity index (χ0v) is 13.9. The van der Waals surface area contributed by atoms with E-state index in [0.29, 0.717) is 10.7 Å².